The Kier molecular flexibility index (Phi) is 20.6. The molecule has 0 N–H and O–H groups in total. The van der Waals surface area contributed by atoms with Crippen molar-refractivity contribution in [3.05, 3.63) is 48.6 Å². The van der Waals surface area contributed by atoms with Crippen molar-refractivity contribution in [2.45, 2.75) is 74.7 Å². The summed E-state index contributed by atoms with van der Waals surface area (Å²) in [7, 11) is 0. The normalized spacial score (nSPS) is 8.43. The standard InChI is InChI=1S/2C7H10N2.2C2H6.CH4/c1-6(2)7-5-8-3-4-9-7;1-6(2)7-3-4-8-5-9-7;2*1-2;/h2*3-6H,1-2H3;2*1-2H3;1H4. The highest BCUT2D eigenvalue weighted by Gasteiger charge is 1.96. The van der Waals surface area contributed by atoms with Crippen LogP contribution >= 0.6 is 0 Å². The largest absolute Gasteiger partial charge is 0.261 e. The number of nitrogens with zero attached hydrogens (tertiary/aromatic N) is 4. The van der Waals surface area contributed by atoms with Crippen LogP contribution in [0.3, 0.4) is 0 Å². The Balaban J connectivity index is -0.000000276. The molecule has 0 atom stereocenters. The van der Waals surface area contributed by atoms with Crippen LogP contribution in [0.5, 0.6) is 0 Å². The number of hydrogen-bond acceptors (Lipinski definition) is 4. The minimum atomic E-state index is 0. The molecule has 132 valence electrons. The predicted molar refractivity (Wildman–Crippen MR) is 102 cm³/mol. The SMILES string of the molecule is C.CC.CC.CC(C)c1ccncn1.CC(C)c1cnccn1. The van der Waals surface area contributed by atoms with Crippen molar-refractivity contribution in [2.24, 2.45) is 0 Å². The van der Waals surface area contributed by atoms with Crippen LogP contribution in [0.1, 0.15) is 86.0 Å². The van der Waals surface area contributed by atoms with Crippen LogP contribution in [0.4, 0.5) is 0 Å². The molecule has 4 heteroatoms. The van der Waals surface area contributed by atoms with Gasteiger partial charge in [0.05, 0.1) is 5.69 Å². The Morgan fingerprint density at radius 3 is 1.52 bits per heavy atom. The quantitative estimate of drug-likeness (QED) is 0.692. The zero-order valence-corrected chi connectivity index (χ0v) is 15.4. The summed E-state index contributed by atoms with van der Waals surface area (Å²) in [6.07, 6.45) is 8.55. The predicted octanol–water partition coefficient (Wildman–Crippen LogP) is 5.89. The fraction of sp³-hybridized carbons (Fsp3) is 0.579. The first-order chi connectivity index (χ1) is 10.6. The molecule has 0 aliphatic heterocycles. The van der Waals surface area contributed by atoms with E-state index < -0.39 is 0 Å². The number of rotatable bonds is 2. The van der Waals surface area contributed by atoms with Gasteiger partial charge in [-0.1, -0.05) is 62.8 Å². The summed E-state index contributed by atoms with van der Waals surface area (Å²) in [6, 6.07) is 1.94. The van der Waals surface area contributed by atoms with E-state index in [2.05, 4.69) is 47.6 Å². The van der Waals surface area contributed by atoms with Crippen molar-refractivity contribution in [1.82, 2.24) is 19.9 Å². The lowest BCUT2D eigenvalue weighted by atomic mass is 10.1. The Morgan fingerprint density at radius 2 is 1.26 bits per heavy atom. The minimum Gasteiger partial charge on any atom is -0.261 e. The van der Waals surface area contributed by atoms with Crippen molar-refractivity contribution in [3.63, 3.8) is 0 Å². The summed E-state index contributed by atoms with van der Waals surface area (Å²) in [5.41, 5.74) is 2.16. The lowest BCUT2D eigenvalue weighted by Crippen LogP contribution is -1.91. The molecule has 23 heavy (non-hydrogen) atoms. The second kappa shape index (κ2) is 18.2. The molecule has 0 aromatic carbocycles. The molecular formula is C19H36N4. The van der Waals surface area contributed by atoms with Crippen LogP contribution in [-0.2, 0) is 0 Å². The van der Waals surface area contributed by atoms with Crippen molar-refractivity contribution >= 4 is 0 Å². The van der Waals surface area contributed by atoms with E-state index in [1.165, 1.54) is 0 Å². The van der Waals surface area contributed by atoms with E-state index in [9.17, 15) is 0 Å². The molecule has 0 radical (unpaired) electrons. The van der Waals surface area contributed by atoms with Crippen molar-refractivity contribution in [3.8, 4) is 0 Å². The summed E-state index contributed by atoms with van der Waals surface area (Å²) in [6.45, 7) is 16.4. The third-order valence-corrected chi connectivity index (χ3v) is 2.37. The van der Waals surface area contributed by atoms with Crippen LogP contribution in [-0.4, -0.2) is 19.9 Å². The van der Waals surface area contributed by atoms with Crippen LogP contribution in [0.15, 0.2) is 37.2 Å². The Hall–Kier alpha value is -1.84. The maximum atomic E-state index is 4.12. The zero-order valence-electron chi connectivity index (χ0n) is 15.4. The topological polar surface area (TPSA) is 51.6 Å². The van der Waals surface area contributed by atoms with Crippen molar-refractivity contribution in [2.75, 3.05) is 0 Å². The Bertz CT molecular complexity index is 384. The first kappa shape index (κ1) is 26.1. The molecular weight excluding hydrogens is 284 g/mol. The van der Waals surface area contributed by atoms with Crippen LogP contribution in [0.25, 0.3) is 0 Å². The fourth-order valence-electron chi connectivity index (χ4n) is 1.25. The highest BCUT2D eigenvalue weighted by atomic mass is 14.8. The minimum absolute atomic E-state index is 0. The molecule has 0 bridgehead atoms. The summed E-state index contributed by atoms with van der Waals surface area (Å²) >= 11 is 0. The van der Waals surface area contributed by atoms with Crippen LogP contribution < -0.4 is 0 Å². The monoisotopic (exact) mass is 320 g/mol. The summed E-state index contributed by atoms with van der Waals surface area (Å²) < 4.78 is 0. The van der Waals surface area contributed by atoms with E-state index >= 15 is 0 Å². The maximum Gasteiger partial charge on any atom is 0.115 e. The van der Waals surface area contributed by atoms with Gasteiger partial charge in [-0.15, -0.1) is 0 Å². The molecule has 0 aliphatic rings. The summed E-state index contributed by atoms with van der Waals surface area (Å²) in [4.78, 5) is 15.9. The lowest BCUT2D eigenvalue weighted by molar-refractivity contribution is 0.812. The van der Waals surface area contributed by atoms with Gasteiger partial charge >= 0.3 is 0 Å². The molecule has 0 saturated heterocycles. The van der Waals surface area contributed by atoms with Gasteiger partial charge in [-0.05, 0) is 17.9 Å². The third kappa shape index (κ3) is 13.5. The summed E-state index contributed by atoms with van der Waals surface area (Å²) in [5, 5.41) is 0. The van der Waals surface area contributed by atoms with E-state index in [0.717, 1.165) is 11.4 Å². The molecule has 2 rings (SSSR count). The molecule has 0 fully saturated rings. The molecule has 0 aliphatic carbocycles. The van der Waals surface area contributed by atoms with E-state index in [1.54, 1.807) is 31.1 Å². The number of hydrogen-bond donors (Lipinski definition) is 0. The third-order valence-electron chi connectivity index (χ3n) is 2.37. The molecule has 0 unspecified atom stereocenters. The van der Waals surface area contributed by atoms with E-state index in [4.69, 9.17) is 0 Å². The molecule has 0 spiro atoms. The molecule has 0 saturated carbocycles. The molecule has 4 nitrogen and oxygen atoms in total. The highest BCUT2D eigenvalue weighted by Crippen LogP contribution is 2.07. The Labute approximate surface area is 143 Å². The van der Waals surface area contributed by atoms with Gasteiger partial charge in [-0.2, -0.15) is 0 Å². The molecule has 2 heterocycles. The second-order valence-electron chi connectivity index (χ2n) is 4.57. The van der Waals surface area contributed by atoms with Gasteiger partial charge in [0.25, 0.3) is 0 Å². The molecule has 0 amide bonds. The maximum absolute atomic E-state index is 4.12. The fourth-order valence-corrected chi connectivity index (χ4v) is 1.25. The van der Waals surface area contributed by atoms with Gasteiger partial charge in [0, 0.05) is 30.5 Å². The van der Waals surface area contributed by atoms with Gasteiger partial charge in [0.1, 0.15) is 6.33 Å². The highest BCUT2D eigenvalue weighted by molar-refractivity contribution is 5.02. The second-order valence-corrected chi connectivity index (χ2v) is 4.57. The van der Waals surface area contributed by atoms with Crippen LogP contribution in [0.2, 0.25) is 0 Å². The lowest BCUT2D eigenvalue weighted by Gasteiger charge is -1.99. The van der Waals surface area contributed by atoms with Crippen LogP contribution in [0, 0.1) is 0 Å². The molecule has 2 aromatic rings. The summed E-state index contributed by atoms with van der Waals surface area (Å²) in [5.74, 6) is 0.992. The first-order valence-electron chi connectivity index (χ1n) is 8.13. The van der Waals surface area contributed by atoms with Gasteiger partial charge in [-0.25, -0.2) is 9.97 Å². The van der Waals surface area contributed by atoms with Gasteiger partial charge in [0.2, 0.25) is 0 Å². The average Bonchev–Trinajstić information content (AvgIpc) is 2.60. The van der Waals surface area contributed by atoms with E-state index in [-0.39, 0.29) is 7.43 Å². The molecule has 2 aromatic heterocycles. The zero-order chi connectivity index (χ0) is 17.4. The average molecular weight is 321 g/mol. The first-order valence-corrected chi connectivity index (χ1v) is 8.13. The van der Waals surface area contributed by atoms with Gasteiger partial charge < -0.3 is 0 Å². The van der Waals surface area contributed by atoms with E-state index in [1.807, 2.05) is 33.8 Å². The van der Waals surface area contributed by atoms with Crippen molar-refractivity contribution in [1.29, 1.82) is 0 Å². The van der Waals surface area contributed by atoms with Gasteiger partial charge in [0.15, 0.2) is 0 Å². The Morgan fingerprint density at radius 1 is 0.696 bits per heavy atom. The smallest absolute Gasteiger partial charge is 0.115 e. The number of aromatic nitrogens is 4. The van der Waals surface area contributed by atoms with E-state index in [0.29, 0.717) is 11.8 Å². The van der Waals surface area contributed by atoms with Crippen molar-refractivity contribution < 1.29 is 0 Å². The van der Waals surface area contributed by atoms with Gasteiger partial charge in [-0.3, -0.25) is 9.97 Å².